The minimum Gasteiger partial charge on any atom is -0.379 e. The van der Waals surface area contributed by atoms with Crippen LogP contribution < -0.4 is 15.5 Å². The maximum absolute atomic E-state index is 13.2. The molecule has 0 spiro atoms. The van der Waals surface area contributed by atoms with E-state index in [4.69, 9.17) is 4.74 Å². The first kappa shape index (κ1) is 28.4. The number of carbonyl (C=O) groups is 5. The van der Waals surface area contributed by atoms with Crippen LogP contribution in [0, 0.1) is 0 Å². The van der Waals surface area contributed by atoms with Crippen LogP contribution in [-0.2, 0) is 35.3 Å². The molecular formula is C30H32N4O6. The number of carbonyl (C=O) groups excluding carboxylic acids is 5. The minimum absolute atomic E-state index is 0.00646. The molecule has 0 saturated heterocycles. The number of benzene rings is 2. The molecule has 0 unspecified atom stereocenters. The van der Waals surface area contributed by atoms with E-state index in [0.29, 0.717) is 6.54 Å². The molecule has 0 fully saturated rings. The quantitative estimate of drug-likeness (QED) is 0.311. The molecule has 4 rings (SSSR count). The van der Waals surface area contributed by atoms with Crippen molar-refractivity contribution in [2.45, 2.75) is 25.8 Å². The Hall–Kier alpha value is -4.57. The van der Waals surface area contributed by atoms with Gasteiger partial charge < -0.3 is 20.3 Å². The van der Waals surface area contributed by atoms with Crippen LogP contribution in [0.15, 0.2) is 60.7 Å². The smallest absolute Gasteiger partial charge is 0.253 e. The molecule has 2 aliphatic heterocycles. The number of fused-ring (bicyclic) bond motifs is 2. The Bertz CT molecular complexity index is 1320. The second-order valence-corrected chi connectivity index (χ2v) is 9.29. The third kappa shape index (κ3) is 7.73. The van der Waals surface area contributed by atoms with Crippen LogP contribution in [0.3, 0.4) is 0 Å². The fourth-order valence-electron chi connectivity index (χ4n) is 4.39. The number of rotatable bonds is 12. The van der Waals surface area contributed by atoms with Crippen LogP contribution >= 0.6 is 0 Å². The van der Waals surface area contributed by atoms with Gasteiger partial charge in [0.2, 0.25) is 17.7 Å². The van der Waals surface area contributed by atoms with Gasteiger partial charge in [-0.15, -0.1) is 0 Å². The number of amides is 5. The Morgan fingerprint density at radius 2 is 1.38 bits per heavy atom. The summed E-state index contributed by atoms with van der Waals surface area (Å²) >= 11 is 0. The van der Waals surface area contributed by atoms with Crippen LogP contribution in [0.1, 0.15) is 36.0 Å². The number of ether oxygens (including phenoxy) is 1. The first-order valence-electron chi connectivity index (χ1n) is 13.2. The number of nitrogens with zero attached hydrogens (tertiary/aromatic N) is 2. The molecular weight excluding hydrogens is 512 g/mol. The fourth-order valence-corrected chi connectivity index (χ4v) is 4.39. The van der Waals surface area contributed by atoms with E-state index in [1.54, 1.807) is 4.90 Å². The Balaban J connectivity index is 1.12. The van der Waals surface area contributed by atoms with Crippen molar-refractivity contribution in [2.75, 3.05) is 37.7 Å². The molecule has 5 amide bonds. The third-order valence-electron chi connectivity index (χ3n) is 6.52. The maximum Gasteiger partial charge on any atom is 0.253 e. The fraction of sp³-hybridized carbons (Fsp3) is 0.300. The van der Waals surface area contributed by atoms with Gasteiger partial charge in [-0.2, -0.15) is 0 Å². The Labute approximate surface area is 232 Å². The first-order chi connectivity index (χ1) is 19.4. The summed E-state index contributed by atoms with van der Waals surface area (Å²) in [6.45, 7) is 1.30. The zero-order chi connectivity index (χ0) is 28.3. The lowest BCUT2D eigenvalue weighted by molar-refractivity contribution is -0.137. The summed E-state index contributed by atoms with van der Waals surface area (Å²) in [7, 11) is 0. The van der Waals surface area contributed by atoms with Gasteiger partial charge in [0.25, 0.3) is 11.8 Å². The lowest BCUT2D eigenvalue weighted by Gasteiger charge is -2.27. The topological polar surface area (TPSA) is 125 Å². The second kappa shape index (κ2) is 14.0. The number of para-hydroxylation sites is 1. The molecule has 0 atom stereocenters. The van der Waals surface area contributed by atoms with E-state index in [2.05, 4.69) is 16.7 Å². The summed E-state index contributed by atoms with van der Waals surface area (Å²) in [6.07, 6.45) is 6.71. The molecule has 0 bridgehead atoms. The van der Waals surface area contributed by atoms with Crippen molar-refractivity contribution in [3.63, 3.8) is 0 Å². The Kier molecular flexibility index (Phi) is 9.95. The maximum atomic E-state index is 13.2. The molecule has 2 aromatic rings. The normalized spacial score (nSPS) is 14.7. The average Bonchev–Trinajstić information content (AvgIpc) is 3.27. The summed E-state index contributed by atoms with van der Waals surface area (Å²) in [5.41, 5.74) is 3.90. The van der Waals surface area contributed by atoms with E-state index in [-0.39, 0.29) is 69.8 Å². The van der Waals surface area contributed by atoms with Crippen molar-refractivity contribution in [1.82, 2.24) is 15.5 Å². The third-order valence-corrected chi connectivity index (χ3v) is 6.52. The standard InChI is InChI=1S/C30H32N4O6/c35-26(14-18-33-28(37)11-12-29(33)38)32-17-20-40-19-15-27(36)31-16-13-30(39)34-21-24-7-2-1-5-22(24)9-10-23-6-3-4-8-25(23)34/h1-12H,13-21H2,(H,31,36)(H,32,35)/b10-9-. The molecule has 2 N–H and O–H groups in total. The van der Waals surface area contributed by atoms with Crippen molar-refractivity contribution >= 4 is 47.4 Å². The van der Waals surface area contributed by atoms with Gasteiger partial charge in [0, 0.05) is 51.0 Å². The molecule has 40 heavy (non-hydrogen) atoms. The van der Waals surface area contributed by atoms with E-state index >= 15 is 0 Å². The lowest BCUT2D eigenvalue weighted by Crippen LogP contribution is -2.36. The van der Waals surface area contributed by atoms with Gasteiger partial charge >= 0.3 is 0 Å². The molecule has 0 aliphatic carbocycles. The van der Waals surface area contributed by atoms with Gasteiger partial charge in [-0.3, -0.25) is 28.9 Å². The zero-order valence-corrected chi connectivity index (χ0v) is 22.1. The predicted molar refractivity (Wildman–Crippen MR) is 150 cm³/mol. The SMILES string of the molecule is O=C(CCOCCNC(=O)CCN1C(=O)C=CC1=O)NCCC(=O)N1Cc2ccccc2/C=C\c2ccccc21. The summed E-state index contributed by atoms with van der Waals surface area (Å²) in [5.74, 6) is -1.46. The summed E-state index contributed by atoms with van der Waals surface area (Å²) in [5, 5.41) is 5.41. The van der Waals surface area contributed by atoms with Crippen LogP contribution in [0.2, 0.25) is 0 Å². The van der Waals surface area contributed by atoms with Crippen molar-refractivity contribution in [2.24, 2.45) is 0 Å². The van der Waals surface area contributed by atoms with E-state index in [9.17, 15) is 24.0 Å². The minimum atomic E-state index is -0.422. The first-order valence-corrected chi connectivity index (χ1v) is 13.2. The highest BCUT2D eigenvalue weighted by Gasteiger charge is 2.23. The highest BCUT2D eigenvalue weighted by Crippen LogP contribution is 2.29. The number of hydrogen-bond donors (Lipinski definition) is 2. The van der Waals surface area contributed by atoms with Crippen LogP contribution in [-0.4, -0.2) is 67.3 Å². The highest BCUT2D eigenvalue weighted by molar-refractivity contribution is 6.13. The van der Waals surface area contributed by atoms with Crippen molar-refractivity contribution in [1.29, 1.82) is 0 Å². The molecule has 208 valence electrons. The van der Waals surface area contributed by atoms with E-state index in [0.717, 1.165) is 27.3 Å². The molecule has 10 nitrogen and oxygen atoms in total. The van der Waals surface area contributed by atoms with Crippen molar-refractivity contribution in [3.8, 4) is 0 Å². The highest BCUT2D eigenvalue weighted by atomic mass is 16.5. The molecule has 0 saturated carbocycles. The number of hydrogen-bond acceptors (Lipinski definition) is 6. The Morgan fingerprint density at radius 3 is 2.17 bits per heavy atom. The summed E-state index contributed by atoms with van der Waals surface area (Å²) in [4.78, 5) is 63.0. The summed E-state index contributed by atoms with van der Waals surface area (Å²) in [6, 6.07) is 15.7. The largest absolute Gasteiger partial charge is 0.379 e. The van der Waals surface area contributed by atoms with E-state index < -0.39 is 11.8 Å². The Morgan fingerprint density at radius 1 is 0.725 bits per heavy atom. The predicted octanol–water partition coefficient (Wildman–Crippen LogP) is 2.05. The van der Waals surface area contributed by atoms with Gasteiger partial charge in [-0.1, -0.05) is 54.6 Å². The molecule has 0 aromatic heterocycles. The van der Waals surface area contributed by atoms with Crippen molar-refractivity contribution < 1.29 is 28.7 Å². The van der Waals surface area contributed by atoms with Crippen LogP contribution in [0.25, 0.3) is 12.2 Å². The molecule has 2 aromatic carbocycles. The molecule has 0 radical (unpaired) electrons. The van der Waals surface area contributed by atoms with Gasteiger partial charge in [0.1, 0.15) is 0 Å². The zero-order valence-electron chi connectivity index (χ0n) is 22.1. The number of anilines is 1. The van der Waals surface area contributed by atoms with Crippen molar-refractivity contribution in [3.05, 3.63) is 77.4 Å². The van der Waals surface area contributed by atoms with Gasteiger partial charge in [0.05, 0.1) is 25.4 Å². The molecule has 10 heteroatoms. The van der Waals surface area contributed by atoms with Gasteiger partial charge in [0.15, 0.2) is 0 Å². The van der Waals surface area contributed by atoms with Crippen LogP contribution in [0.5, 0.6) is 0 Å². The van der Waals surface area contributed by atoms with Gasteiger partial charge in [-0.05, 0) is 22.8 Å². The lowest BCUT2D eigenvalue weighted by atomic mass is 10.0. The molecule has 2 aliphatic rings. The van der Waals surface area contributed by atoms with E-state index in [1.165, 1.54) is 12.2 Å². The second-order valence-electron chi connectivity index (χ2n) is 9.29. The number of nitrogens with one attached hydrogen (secondary N) is 2. The number of imide groups is 1. The average molecular weight is 545 g/mol. The van der Waals surface area contributed by atoms with E-state index in [1.807, 2.05) is 54.6 Å². The summed E-state index contributed by atoms with van der Waals surface area (Å²) < 4.78 is 5.40. The van der Waals surface area contributed by atoms with Gasteiger partial charge in [-0.25, -0.2) is 0 Å². The monoisotopic (exact) mass is 544 g/mol. The molecule has 2 heterocycles. The van der Waals surface area contributed by atoms with Crippen LogP contribution in [0.4, 0.5) is 5.69 Å².